The largest absolute Gasteiger partial charge is 0.494 e. The van der Waals surface area contributed by atoms with Gasteiger partial charge in [0.1, 0.15) is 5.75 Å². The van der Waals surface area contributed by atoms with Crippen LogP contribution in [0, 0.1) is 13.8 Å². The van der Waals surface area contributed by atoms with Crippen molar-refractivity contribution in [2.45, 2.75) is 27.7 Å². The minimum Gasteiger partial charge on any atom is -0.494 e. The monoisotopic (exact) mass is 341 g/mol. The van der Waals surface area contributed by atoms with Crippen molar-refractivity contribution in [3.8, 4) is 5.75 Å². The molecule has 0 spiro atoms. The standard InChI is InChI=1S/C18H19N3O2S/c1-5-23-13-6-7-15-14(9-13)16(8-10(2)19-15)21-18-20-11(3)17(24-18)12(4)22/h6-9H,5H2,1-4H3,(H,19,20,21). The molecule has 0 aliphatic heterocycles. The van der Waals surface area contributed by atoms with Crippen LogP contribution in [-0.4, -0.2) is 22.4 Å². The zero-order chi connectivity index (χ0) is 17.3. The minimum atomic E-state index is 0.0347. The van der Waals surface area contributed by atoms with Gasteiger partial charge in [0, 0.05) is 18.0 Å². The third kappa shape index (κ3) is 3.23. The maximum Gasteiger partial charge on any atom is 0.188 e. The molecular formula is C18H19N3O2S. The number of hydrogen-bond donors (Lipinski definition) is 1. The van der Waals surface area contributed by atoms with Crippen molar-refractivity contribution in [1.82, 2.24) is 9.97 Å². The molecule has 124 valence electrons. The molecule has 0 aliphatic rings. The van der Waals surface area contributed by atoms with Crippen LogP contribution in [0.4, 0.5) is 10.8 Å². The lowest BCUT2D eigenvalue weighted by molar-refractivity contribution is 0.102. The number of carbonyl (C=O) groups excluding carboxylic acids is 1. The summed E-state index contributed by atoms with van der Waals surface area (Å²) < 4.78 is 5.59. The lowest BCUT2D eigenvalue weighted by Gasteiger charge is -2.10. The van der Waals surface area contributed by atoms with Crippen molar-refractivity contribution in [3.05, 3.63) is 40.5 Å². The van der Waals surface area contributed by atoms with Crippen molar-refractivity contribution < 1.29 is 9.53 Å². The average molecular weight is 341 g/mol. The van der Waals surface area contributed by atoms with E-state index in [0.717, 1.165) is 33.7 Å². The number of aryl methyl sites for hydroxylation is 2. The Labute approximate surface area is 144 Å². The number of fused-ring (bicyclic) bond motifs is 1. The smallest absolute Gasteiger partial charge is 0.188 e. The second-order valence-electron chi connectivity index (χ2n) is 5.54. The number of benzene rings is 1. The molecule has 5 nitrogen and oxygen atoms in total. The first-order valence-electron chi connectivity index (χ1n) is 7.77. The van der Waals surface area contributed by atoms with E-state index in [1.807, 2.05) is 45.0 Å². The highest BCUT2D eigenvalue weighted by Gasteiger charge is 2.13. The molecule has 1 aromatic carbocycles. The summed E-state index contributed by atoms with van der Waals surface area (Å²) in [6.45, 7) is 7.93. The molecule has 6 heteroatoms. The van der Waals surface area contributed by atoms with Gasteiger partial charge in [-0.3, -0.25) is 9.78 Å². The van der Waals surface area contributed by atoms with Crippen LogP contribution in [0.15, 0.2) is 24.3 Å². The van der Waals surface area contributed by atoms with Gasteiger partial charge in [0.05, 0.1) is 28.4 Å². The van der Waals surface area contributed by atoms with Crippen LogP contribution >= 0.6 is 11.3 Å². The highest BCUT2D eigenvalue weighted by molar-refractivity contribution is 7.17. The second kappa shape index (κ2) is 6.57. The highest BCUT2D eigenvalue weighted by Crippen LogP contribution is 2.32. The summed E-state index contributed by atoms with van der Waals surface area (Å²) in [6, 6.07) is 7.82. The van der Waals surface area contributed by atoms with Crippen molar-refractivity contribution >= 4 is 38.8 Å². The van der Waals surface area contributed by atoms with Gasteiger partial charge in [0.15, 0.2) is 10.9 Å². The van der Waals surface area contributed by atoms with E-state index in [1.165, 1.54) is 11.3 Å². The molecule has 2 heterocycles. The van der Waals surface area contributed by atoms with Gasteiger partial charge in [-0.2, -0.15) is 0 Å². The van der Waals surface area contributed by atoms with Gasteiger partial charge in [-0.15, -0.1) is 0 Å². The molecule has 0 unspecified atom stereocenters. The first-order chi connectivity index (χ1) is 11.5. The fourth-order valence-corrected chi connectivity index (χ4v) is 3.46. The fraction of sp³-hybridized carbons (Fsp3) is 0.278. The van der Waals surface area contributed by atoms with Gasteiger partial charge in [0.2, 0.25) is 0 Å². The Kier molecular flexibility index (Phi) is 4.49. The quantitative estimate of drug-likeness (QED) is 0.684. The molecule has 3 aromatic rings. The number of pyridine rings is 1. The van der Waals surface area contributed by atoms with Crippen molar-refractivity contribution in [2.24, 2.45) is 0 Å². The number of Topliss-reactive ketones (excluding diaryl/α,β-unsaturated/α-hetero) is 1. The maximum atomic E-state index is 11.6. The molecule has 0 saturated heterocycles. The Balaban J connectivity index is 2.05. The van der Waals surface area contributed by atoms with E-state index in [0.29, 0.717) is 16.6 Å². The van der Waals surface area contributed by atoms with Gasteiger partial charge in [-0.25, -0.2) is 4.98 Å². The van der Waals surface area contributed by atoms with Crippen molar-refractivity contribution in [1.29, 1.82) is 0 Å². The Morgan fingerprint density at radius 1 is 1.25 bits per heavy atom. The SMILES string of the molecule is CCOc1ccc2nc(C)cc(Nc3nc(C)c(C(C)=O)s3)c2c1. The molecule has 0 saturated carbocycles. The number of ketones is 1. The summed E-state index contributed by atoms with van der Waals surface area (Å²) in [5, 5.41) is 5.00. The third-order valence-corrected chi connectivity index (χ3v) is 4.75. The van der Waals surface area contributed by atoms with Gasteiger partial charge in [0.25, 0.3) is 0 Å². The van der Waals surface area contributed by atoms with Crippen molar-refractivity contribution in [3.63, 3.8) is 0 Å². The van der Waals surface area contributed by atoms with E-state index in [4.69, 9.17) is 4.74 Å². The van der Waals surface area contributed by atoms with E-state index in [9.17, 15) is 4.79 Å². The van der Waals surface area contributed by atoms with Crippen LogP contribution in [0.5, 0.6) is 5.75 Å². The van der Waals surface area contributed by atoms with Crippen LogP contribution in [0.25, 0.3) is 10.9 Å². The van der Waals surface area contributed by atoms with E-state index < -0.39 is 0 Å². The predicted octanol–water partition coefficient (Wildman–Crippen LogP) is 4.65. The van der Waals surface area contributed by atoms with E-state index in [-0.39, 0.29) is 5.78 Å². The number of ether oxygens (including phenoxy) is 1. The Bertz CT molecular complexity index is 918. The van der Waals surface area contributed by atoms with E-state index in [2.05, 4.69) is 15.3 Å². The first-order valence-corrected chi connectivity index (χ1v) is 8.59. The lowest BCUT2D eigenvalue weighted by Crippen LogP contribution is -1.96. The Morgan fingerprint density at radius 3 is 2.71 bits per heavy atom. The fourth-order valence-electron chi connectivity index (χ4n) is 2.59. The number of nitrogens with zero attached hydrogens (tertiary/aromatic N) is 2. The first kappa shape index (κ1) is 16.4. The number of aromatic nitrogens is 2. The summed E-state index contributed by atoms with van der Waals surface area (Å²) in [6.07, 6.45) is 0. The molecule has 1 N–H and O–H groups in total. The van der Waals surface area contributed by atoms with Crippen LogP contribution in [-0.2, 0) is 0 Å². The molecule has 0 fully saturated rings. The maximum absolute atomic E-state index is 11.6. The van der Waals surface area contributed by atoms with Gasteiger partial charge in [-0.05, 0) is 45.0 Å². The molecule has 0 atom stereocenters. The van der Waals surface area contributed by atoms with Crippen LogP contribution in [0.2, 0.25) is 0 Å². The molecule has 3 rings (SSSR count). The highest BCUT2D eigenvalue weighted by atomic mass is 32.1. The number of anilines is 2. The third-order valence-electron chi connectivity index (χ3n) is 3.58. The Morgan fingerprint density at radius 2 is 2.04 bits per heavy atom. The van der Waals surface area contributed by atoms with Crippen LogP contribution < -0.4 is 10.1 Å². The van der Waals surface area contributed by atoms with Gasteiger partial charge in [-0.1, -0.05) is 11.3 Å². The summed E-state index contributed by atoms with van der Waals surface area (Å²) in [5.41, 5.74) is 3.46. The number of rotatable bonds is 5. The van der Waals surface area contributed by atoms with Gasteiger partial charge < -0.3 is 10.1 Å². The summed E-state index contributed by atoms with van der Waals surface area (Å²) >= 11 is 1.37. The minimum absolute atomic E-state index is 0.0347. The van der Waals surface area contributed by atoms with E-state index in [1.54, 1.807) is 6.92 Å². The summed E-state index contributed by atoms with van der Waals surface area (Å²) in [4.78, 5) is 21.3. The van der Waals surface area contributed by atoms with Crippen molar-refractivity contribution in [2.75, 3.05) is 11.9 Å². The number of nitrogens with one attached hydrogen (secondary N) is 1. The number of thiazole rings is 1. The molecule has 0 radical (unpaired) electrons. The molecular weight excluding hydrogens is 322 g/mol. The molecule has 24 heavy (non-hydrogen) atoms. The Hall–Kier alpha value is -2.47. The number of carbonyl (C=O) groups is 1. The number of hydrogen-bond acceptors (Lipinski definition) is 6. The lowest BCUT2D eigenvalue weighted by atomic mass is 10.1. The zero-order valence-electron chi connectivity index (χ0n) is 14.1. The summed E-state index contributed by atoms with van der Waals surface area (Å²) in [7, 11) is 0. The second-order valence-corrected chi connectivity index (χ2v) is 6.54. The summed E-state index contributed by atoms with van der Waals surface area (Å²) in [5.74, 6) is 0.839. The van der Waals surface area contributed by atoms with Crippen LogP contribution in [0.3, 0.4) is 0 Å². The normalized spacial score (nSPS) is 10.8. The molecule has 0 amide bonds. The molecule has 0 bridgehead atoms. The van der Waals surface area contributed by atoms with E-state index >= 15 is 0 Å². The molecule has 2 aromatic heterocycles. The van der Waals surface area contributed by atoms with Gasteiger partial charge >= 0.3 is 0 Å². The average Bonchev–Trinajstić information content (AvgIpc) is 2.89. The predicted molar refractivity (Wildman–Crippen MR) is 97.8 cm³/mol. The zero-order valence-corrected chi connectivity index (χ0v) is 15.0. The molecule has 0 aliphatic carbocycles. The van der Waals surface area contributed by atoms with Crippen LogP contribution in [0.1, 0.15) is 34.9 Å². The topological polar surface area (TPSA) is 64.1 Å².